The van der Waals surface area contributed by atoms with E-state index in [-0.39, 0.29) is 87.7 Å². The lowest BCUT2D eigenvalue weighted by molar-refractivity contribution is 0.181. The van der Waals surface area contributed by atoms with Gasteiger partial charge in [0.15, 0.2) is 11.6 Å². The minimum Gasteiger partial charge on any atom is -0.317 e. The highest BCUT2D eigenvalue weighted by Crippen LogP contribution is 2.39. The Morgan fingerprint density at radius 3 is 1.04 bits per heavy atom. The summed E-state index contributed by atoms with van der Waals surface area (Å²) in [4.78, 5) is 97.8. The fourth-order valence-electron chi connectivity index (χ4n) is 15.3. The van der Waals surface area contributed by atoms with Crippen molar-refractivity contribution in [2.45, 2.75) is 130 Å². The summed E-state index contributed by atoms with van der Waals surface area (Å²) in [5, 5.41) is 69.7. The van der Waals surface area contributed by atoms with Crippen molar-refractivity contribution in [1.82, 2.24) is 105 Å². The van der Waals surface area contributed by atoms with Crippen molar-refractivity contribution in [2.75, 3.05) is 26.6 Å². The van der Waals surface area contributed by atoms with E-state index in [1.165, 1.54) is 105 Å². The van der Waals surface area contributed by atoms with Crippen LogP contribution in [0.2, 0.25) is 0 Å². The number of nitrogens with zero attached hydrogens (tertiary/aromatic N) is 17. The zero-order chi connectivity index (χ0) is 91.1. The van der Waals surface area contributed by atoms with Crippen LogP contribution in [0.4, 0.5) is 70.0 Å². The van der Waals surface area contributed by atoms with Crippen molar-refractivity contribution >= 4 is 179 Å². The number of anilines is 5. The molecule has 0 radical (unpaired) electrons. The van der Waals surface area contributed by atoms with E-state index in [4.69, 9.17) is 5.26 Å². The molecular formula is C85H75Br4F4N27O5S5. The number of aromatic nitrogens is 16. The van der Waals surface area contributed by atoms with Crippen molar-refractivity contribution in [1.29, 1.82) is 5.26 Å². The highest BCUT2D eigenvalue weighted by molar-refractivity contribution is 9.11. The number of carbonyl (C=O) groups excluding carboxylic acids is 5. The number of nitriles is 1. The van der Waals surface area contributed by atoms with E-state index in [1.807, 2.05) is 90.7 Å². The van der Waals surface area contributed by atoms with Gasteiger partial charge in [-0.15, -0.1) is 56.7 Å². The molecule has 10 N–H and O–H groups in total. The van der Waals surface area contributed by atoms with Crippen LogP contribution in [0.15, 0.2) is 164 Å². The van der Waals surface area contributed by atoms with Gasteiger partial charge in [0.05, 0.1) is 86.2 Å². The number of hydrogen-bond acceptors (Lipinski definition) is 22. The Morgan fingerprint density at radius 1 is 0.385 bits per heavy atom. The first kappa shape index (κ1) is 91.0. The molecule has 5 unspecified atom stereocenters. The fourth-order valence-corrected chi connectivity index (χ4v) is 19.5. The van der Waals surface area contributed by atoms with Crippen molar-refractivity contribution in [2.24, 2.45) is 0 Å². The average molecular weight is 2110 g/mol. The molecule has 11 aromatic heterocycles. The Bertz CT molecular complexity index is 6490. The van der Waals surface area contributed by atoms with Gasteiger partial charge in [-0.25, -0.2) is 71.4 Å². The zero-order valence-electron chi connectivity index (χ0n) is 69.1. The molecule has 0 bridgehead atoms. The quantitative estimate of drug-likeness (QED) is 0.0449. The van der Waals surface area contributed by atoms with E-state index in [0.29, 0.717) is 78.7 Å². The number of halogens is 8. The number of urea groups is 5. The monoisotopic (exact) mass is 2110 g/mol. The first-order valence-electron chi connectivity index (χ1n) is 40.1. The lowest BCUT2D eigenvalue weighted by Gasteiger charge is -2.33. The maximum atomic E-state index is 14.2. The van der Waals surface area contributed by atoms with Crippen LogP contribution in [0.25, 0.3) is 56.9 Å². The van der Waals surface area contributed by atoms with Crippen molar-refractivity contribution < 1.29 is 41.5 Å². The predicted molar refractivity (Wildman–Crippen MR) is 502 cm³/mol. The second-order valence-corrected chi connectivity index (χ2v) is 37.6. The lowest BCUT2D eigenvalue weighted by atomic mass is 9.99. The predicted octanol–water partition coefficient (Wildman–Crippen LogP) is 20.4. The Balaban J connectivity index is 0.000000119. The van der Waals surface area contributed by atoms with E-state index in [0.717, 1.165) is 130 Å². The van der Waals surface area contributed by atoms with Crippen molar-refractivity contribution in [3.63, 3.8) is 0 Å². The SMILES string of the molecule is CC1Cc2[nH]nc(-c3cscn3)c2CN1C(=O)Nc1ccc(F)c(Br)c1.CC1Cc2[nH]nc(-c3cscn3)c2CN1C(=O)Nc1ccc(F)c(C#N)c1.CC1Cc2[nH]nc(-c3cscn3)c2CN1C(=O)Nc1cccc(Br)c1.CC1Cc2[nH]nc(-c3cscn3)c2CN1C(=O)Nc1cccc(Br)c1F.CC1Cc2[nH]nc(-c3cscn3)c2CN1C(=O)Nc1ccnc(Br)c1F. The summed E-state index contributed by atoms with van der Waals surface area (Å²) in [6.45, 7) is 12.0. The summed E-state index contributed by atoms with van der Waals surface area (Å²) >= 11 is 20.2. The molecule has 0 saturated heterocycles. The summed E-state index contributed by atoms with van der Waals surface area (Å²) in [6, 6.07) is 22.5. The van der Waals surface area contributed by atoms with Gasteiger partial charge >= 0.3 is 30.2 Å². The van der Waals surface area contributed by atoms with Gasteiger partial charge in [-0.3, -0.25) is 25.5 Å². The lowest BCUT2D eigenvalue weighted by Crippen LogP contribution is -2.44. The Labute approximate surface area is 792 Å². The molecule has 15 aromatic rings. The fraction of sp³-hybridized carbons (Fsp3) is 0.235. The summed E-state index contributed by atoms with van der Waals surface area (Å²) in [7, 11) is 0. The summed E-state index contributed by atoms with van der Waals surface area (Å²) in [5.41, 5.74) is 28.5. The van der Waals surface area contributed by atoms with Crippen LogP contribution in [-0.4, -0.2) is 166 Å². The van der Waals surface area contributed by atoms with Gasteiger partial charge in [0.2, 0.25) is 0 Å². The highest BCUT2D eigenvalue weighted by atomic mass is 79.9. The van der Waals surface area contributed by atoms with E-state index in [9.17, 15) is 41.5 Å². The number of aromatic amines is 5. The van der Waals surface area contributed by atoms with Gasteiger partial charge < -0.3 is 51.1 Å². The molecule has 20 rings (SSSR count). The molecule has 10 amide bonds. The van der Waals surface area contributed by atoms with Crippen LogP contribution in [0.5, 0.6) is 0 Å². The number of amides is 10. The number of nitrogens with one attached hydrogen (secondary N) is 10. The third-order valence-corrected chi connectivity index (χ3v) is 27.3. The topological polar surface area (TPSA) is 406 Å². The second kappa shape index (κ2) is 40.4. The van der Waals surface area contributed by atoms with Crippen molar-refractivity contribution in [3.05, 3.63) is 249 Å². The molecule has 16 heterocycles. The Morgan fingerprint density at radius 2 is 0.708 bits per heavy atom. The number of benzene rings is 4. The number of pyridine rings is 1. The number of H-pyrrole nitrogens is 5. The normalized spacial score (nSPS) is 16.3. The number of thiazole rings is 5. The van der Waals surface area contributed by atoms with E-state index in [2.05, 4.69) is 171 Å². The molecule has 5 atom stereocenters. The summed E-state index contributed by atoms with van der Waals surface area (Å²) in [5.74, 6) is -2.07. The maximum Gasteiger partial charge on any atom is 0.322 e. The largest absolute Gasteiger partial charge is 0.322 e. The minimum absolute atomic E-state index is 0.00937. The third kappa shape index (κ3) is 20.3. The number of rotatable bonds is 10. The van der Waals surface area contributed by atoms with Crippen LogP contribution in [0.1, 0.15) is 96.5 Å². The van der Waals surface area contributed by atoms with Crippen LogP contribution in [0, 0.1) is 34.6 Å². The number of hydrogen-bond donors (Lipinski definition) is 10. The number of carbonyl (C=O) groups is 5. The molecule has 32 nitrogen and oxygen atoms in total. The molecule has 0 spiro atoms. The summed E-state index contributed by atoms with van der Waals surface area (Å²) in [6.07, 6.45) is 4.80. The zero-order valence-corrected chi connectivity index (χ0v) is 79.5. The standard InChI is InChI=1S/C18H15FN6OS.2C17H15BrFN5OS.C17H16BrN5OS.C16H14BrFN6OS/c1-10-4-15-13(17(24-23-15)16-8-27-9-21-16)7-25(10)18(26)22-12-2-3-14(19)11(5-12)6-20;1-9-4-14-11(16(23-22-14)15-7-26-8-20-15)6-24(9)17(25)21-10-2-3-13(19)12(18)5-10;1-9-5-13-10(16(23-22-13)14-7-26-8-20-14)6-24(9)17(25)21-12-4-2-3-11(18)15(12)19;1-10-5-14-13(16(22-21-14)15-8-25-9-19-15)7-23(10)17(24)20-12-4-2-3-11(18)6-12;1-8-4-11-9(14(23-22-11)12-6-26-7-20-12)5-24(8)16(25)21-10-2-3-19-15(17)13(10)18/h2-3,5,8-10H,4,7H2,1H3,(H,22,26)(H,23,24);2-3,5,7-9H,4,6H2,1H3,(H,21,25)(H,22,23);2-4,7-9H,5-6H2,1H3,(H,21,25)(H,22,23);2-4,6,8-10H,5,7H2,1H3,(H,20,24)(H,21,22);2-3,6-8H,4-5H2,1H3,(H,22,23)(H,19,21,25). The highest BCUT2D eigenvalue weighted by Gasteiger charge is 2.38. The first-order valence-corrected chi connectivity index (χ1v) is 47.9. The molecule has 0 aliphatic carbocycles. The van der Waals surface area contributed by atoms with Crippen LogP contribution in [0.3, 0.4) is 0 Å². The molecular weight excluding hydrogens is 2040 g/mol. The first-order chi connectivity index (χ1) is 62.8. The molecule has 666 valence electrons. The van der Waals surface area contributed by atoms with Crippen LogP contribution < -0.4 is 26.6 Å². The molecule has 130 heavy (non-hydrogen) atoms. The Kier molecular flexibility index (Phi) is 28.3. The van der Waals surface area contributed by atoms with Gasteiger partial charge in [-0.2, -0.15) is 30.8 Å². The maximum absolute atomic E-state index is 14.2. The summed E-state index contributed by atoms with van der Waals surface area (Å²) < 4.78 is 56.7. The third-order valence-electron chi connectivity index (χ3n) is 22.1. The second-order valence-electron chi connectivity index (χ2n) is 30.6. The van der Waals surface area contributed by atoms with Gasteiger partial charge in [0.25, 0.3) is 0 Å². The molecule has 45 heteroatoms. The molecule has 0 fully saturated rings. The van der Waals surface area contributed by atoms with Gasteiger partial charge in [0.1, 0.15) is 79.2 Å². The molecule has 5 aliphatic rings. The van der Waals surface area contributed by atoms with E-state index >= 15 is 0 Å². The molecule has 4 aromatic carbocycles. The minimum atomic E-state index is -0.613. The van der Waals surface area contributed by atoms with Gasteiger partial charge in [-0.05, 0) is 155 Å². The van der Waals surface area contributed by atoms with Crippen molar-refractivity contribution in [3.8, 4) is 63.0 Å². The number of fused-ring (bicyclic) bond motifs is 5. The average Bonchev–Trinajstić information content (AvgIpc) is 1.66. The van der Waals surface area contributed by atoms with Crippen LogP contribution >= 0.6 is 120 Å². The molecule has 5 aliphatic heterocycles. The smallest absolute Gasteiger partial charge is 0.317 e. The van der Waals surface area contributed by atoms with E-state index in [1.54, 1.807) is 71.4 Å². The van der Waals surface area contributed by atoms with E-state index < -0.39 is 17.5 Å². The molecule has 0 saturated carbocycles. The van der Waals surface area contributed by atoms with Crippen LogP contribution in [-0.2, 0) is 64.8 Å². The Hall–Kier alpha value is -12.3. The van der Waals surface area contributed by atoms with Gasteiger partial charge in [0, 0.05) is 173 Å². The van der Waals surface area contributed by atoms with Gasteiger partial charge in [-0.1, -0.05) is 28.1 Å².